The zero-order valence-corrected chi connectivity index (χ0v) is 20.5. The molecule has 1 aromatic carbocycles. The number of methoxy groups -OCH3 is 1. The number of hydrogen-bond donors (Lipinski definition) is 2. The van der Waals surface area contributed by atoms with E-state index in [0.717, 1.165) is 31.2 Å². The van der Waals surface area contributed by atoms with E-state index in [2.05, 4.69) is 26.9 Å². The number of nitriles is 1. The van der Waals surface area contributed by atoms with Gasteiger partial charge in [0.2, 0.25) is 5.91 Å². The first kappa shape index (κ1) is 23.8. The van der Waals surface area contributed by atoms with Gasteiger partial charge in [0, 0.05) is 17.5 Å². The van der Waals surface area contributed by atoms with Crippen LogP contribution in [0, 0.1) is 11.3 Å². The maximum Gasteiger partial charge on any atom is 0.251 e. The monoisotopic (exact) mass is 496 g/mol. The first-order valence-electron chi connectivity index (χ1n) is 10.8. The van der Waals surface area contributed by atoms with E-state index < -0.39 is 0 Å². The fourth-order valence-electron chi connectivity index (χ4n) is 3.69. The highest BCUT2D eigenvalue weighted by Crippen LogP contribution is 2.37. The third kappa shape index (κ3) is 5.24. The molecule has 2 N–H and O–H groups in total. The summed E-state index contributed by atoms with van der Waals surface area (Å²) in [5.74, 6) is 0.960. The molecule has 0 radical (unpaired) electrons. The number of anilines is 1. The summed E-state index contributed by atoms with van der Waals surface area (Å²) in [6, 6.07) is 9.08. The average Bonchev–Trinajstić information content (AvgIpc) is 3.40. The first-order chi connectivity index (χ1) is 16.5. The molecule has 9 nitrogen and oxygen atoms in total. The Morgan fingerprint density at radius 2 is 2.00 bits per heavy atom. The van der Waals surface area contributed by atoms with E-state index in [0.29, 0.717) is 32.9 Å². The molecule has 0 atom stereocenters. The van der Waals surface area contributed by atoms with Gasteiger partial charge >= 0.3 is 0 Å². The van der Waals surface area contributed by atoms with Crippen LogP contribution in [0.2, 0.25) is 0 Å². The smallest absolute Gasteiger partial charge is 0.251 e. The number of aromatic nitrogens is 3. The maximum atomic E-state index is 12.5. The van der Waals surface area contributed by atoms with Gasteiger partial charge in [-0.15, -0.1) is 21.5 Å². The Labute approximate surface area is 205 Å². The number of rotatable bonds is 8. The predicted octanol–water partition coefficient (Wildman–Crippen LogP) is 3.30. The second kappa shape index (κ2) is 10.7. The number of benzene rings is 1. The Kier molecular flexibility index (Phi) is 7.49. The van der Waals surface area contributed by atoms with Gasteiger partial charge in [0.05, 0.1) is 25.0 Å². The van der Waals surface area contributed by atoms with Gasteiger partial charge in [-0.1, -0.05) is 11.8 Å². The zero-order chi connectivity index (χ0) is 24.1. The Balaban J connectivity index is 1.31. The van der Waals surface area contributed by atoms with E-state index in [-0.39, 0.29) is 24.1 Å². The molecule has 0 saturated heterocycles. The van der Waals surface area contributed by atoms with E-state index in [4.69, 9.17) is 4.74 Å². The van der Waals surface area contributed by atoms with Crippen LogP contribution >= 0.6 is 23.1 Å². The third-order valence-electron chi connectivity index (χ3n) is 5.55. The van der Waals surface area contributed by atoms with Crippen molar-refractivity contribution in [2.75, 3.05) is 18.2 Å². The summed E-state index contributed by atoms with van der Waals surface area (Å²) in [5.41, 5.74) is 2.21. The van der Waals surface area contributed by atoms with Crippen molar-refractivity contribution >= 4 is 39.9 Å². The lowest BCUT2D eigenvalue weighted by Crippen LogP contribution is -2.24. The van der Waals surface area contributed by atoms with Crippen molar-refractivity contribution in [3.8, 4) is 11.8 Å². The third-order valence-corrected chi connectivity index (χ3v) is 7.78. The van der Waals surface area contributed by atoms with Gasteiger partial charge in [-0.05, 0) is 55.5 Å². The van der Waals surface area contributed by atoms with Crippen molar-refractivity contribution in [2.45, 2.75) is 37.4 Å². The standard InChI is InChI=1S/C23H24N6O3S2/c1-29-19(12-25-21(31)14-7-9-15(32-2)10-8-14)27-28-23(29)33-13-20(30)26-22-17(11-24)16-5-3-4-6-18(16)34-22/h7-10H,3-6,12-13H2,1-2H3,(H,25,31)(H,26,30). The number of hydrogen-bond acceptors (Lipinski definition) is 8. The Hall–Kier alpha value is -3.36. The van der Waals surface area contributed by atoms with Crippen molar-refractivity contribution in [1.29, 1.82) is 5.26 Å². The molecule has 0 aliphatic heterocycles. The quantitative estimate of drug-likeness (QED) is 0.459. The van der Waals surface area contributed by atoms with Gasteiger partial charge in [0.25, 0.3) is 5.91 Å². The normalized spacial score (nSPS) is 12.5. The van der Waals surface area contributed by atoms with Crippen molar-refractivity contribution in [3.05, 3.63) is 51.7 Å². The largest absolute Gasteiger partial charge is 0.497 e. The van der Waals surface area contributed by atoms with Gasteiger partial charge < -0.3 is 19.9 Å². The topological polar surface area (TPSA) is 122 Å². The highest BCUT2D eigenvalue weighted by Gasteiger charge is 2.22. The van der Waals surface area contributed by atoms with Crippen LogP contribution in [0.5, 0.6) is 5.75 Å². The summed E-state index contributed by atoms with van der Waals surface area (Å²) in [6.45, 7) is 0.202. The number of thioether (sulfide) groups is 1. The summed E-state index contributed by atoms with van der Waals surface area (Å²) in [6.07, 6.45) is 4.07. The molecule has 2 aromatic heterocycles. The number of ether oxygens (including phenoxy) is 1. The van der Waals surface area contributed by atoms with E-state index in [9.17, 15) is 14.9 Å². The maximum absolute atomic E-state index is 12.5. The second-order valence-corrected chi connectivity index (χ2v) is 9.78. The Morgan fingerprint density at radius 1 is 1.24 bits per heavy atom. The number of aryl methyl sites for hydroxylation is 1. The van der Waals surface area contributed by atoms with Crippen molar-refractivity contribution < 1.29 is 14.3 Å². The fourth-order valence-corrected chi connectivity index (χ4v) is 5.68. The van der Waals surface area contributed by atoms with Crippen LogP contribution in [0.4, 0.5) is 5.00 Å². The Bertz CT molecular complexity index is 1240. The summed E-state index contributed by atoms with van der Waals surface area (Å²) in [7, 11) is 3.36. The highest BCUT2D eigenvalue weighted by molar-refractivity contribution is 7.99. The van der Waals surface area contributed by atoms with E-state index >= 15 is 0 Å². The van der Waals surface area contributed by atoms with Gasteiger partial charge in [0.1, 0.15) is 16.8 Å². The minimum absolute atomic E-state index is 0.137. The number of carbonyl (C=O) groups is 2. The molecule has 2 heterocycles. The molecule has 2 amide bonds. The van der Waals surface area contributed by atoms with Crippen LogP contribution in [0.1, 0.15) is 45.0 Å². The van der Waals surface area contributed by atoms with Crippen LogP contribution in [-0.2, 0) is 31.2 Å². The number of carbonyl (C=O) groups excluding carboxylic acids is 2. The van der Waals surface area contributed by atoms with Gasteiger partial charge in [0.15, 0.2) is 11.0 Å². The molecule has 0 bridgehead atoms. The summed E-state index contributed by atoms with van der Waals surface area (Å²) in [5, 5.41) is 24.7. The summed E-state index contributed by atoms with van der Waals surface area (Å²) >= 11 is 2.76. The summed E-state index contributed by atoms with van der Waals surface area (Å²) < 4.78 is 6.85. The van der Waals surface area contributed by atoms with Gasteiger partial charge in [-0.3, -0.25) is 9.59 Å². The van der Waals surface area contributed by atoms with Crippen LogP contribution < -0.4 is 15.4 Å². The highest BCUT2D eigenvalue weighted by atomic mass is 32.2. The molecule has 3 aromatic rings. The van der Waals surface area contributed by atoms with Crippen LogP contribution in [0.15, 0.2) is 29.4 Å². The SMILES string of the molecule is COc1ccc(C(=O)NCc2nnc(SCC(=O)Nc3sc4c(c3C#N)CCCC4)n2C)cc1. The van der Waals surface area contributed by atoms with E-state index in [1.165, 1.54) is 28.0 Å². The van der Waals surface area contributed by atoms with Gasteiger partial charge in [-0.25, -0.2) is 0 Å². The lowest BCUT2D eigenvalue weighted by atomic mass is 9.96. The first-order valence-corrected chi connectivity index (χ1v) is 12.6. The molecule has 0 unspecified atom stereocenters. The van der Waals surface area contributed by atoms with Crippen LogP contribution in [-0.4, -0.2) is 39.4 Å². The molecule has 1 aliphatic rings. The van der Waals surface area contributed by atoms with Crippen molar-refractivity contribution in [2.24, 2.45) is 7.05 Å². The predicted molar refractivity (Wildman–Crippen MR) is 130 cm³/mol. The number of fused-ring (bicyclic) bond motifs is 1. The minimum Gasteiger partial charge on any atom is -0.497 e. The summed E-state index contributed by atoms with van der Waals surface area (Å²) in [4.78, 5) is 26.1. The number of amides is 2. The molecular weight excluding hydrogens is 472 g/mol. The van der Waals surface area contributed by atoms with Gasteiger partial charge in [-0.2, -0.15) is 5.26 Å². The number of thiophene rings is 1. The number of nitrogens with one attached hydrogen (secondary N) is 2. The molecule has 1 aliphatic carbocycles. The van der Waals surface area contributed by atoms with E-state index in [1.807, 2.05) is 0 Å². The second-order valence-electron chi connectivity index (χ2n) is 7.73. The molecule has 11 heteroatoms. The fraction of sp³-hybridized carbons (Fsp3) is 0.348. The average molecular weight is 497 g/mol. The van der Waals surface area contributed by atoms with Crippen molar-refractivity contribution in [3.63, 3.8) is 0 Å². The molecule has 0 saturated carbocycles. The Morgan fingerprint density at radius 3 is 2.74 bits per heavy atom. The molecule has 34 heavy (non-hydrogen) atoms. The minimum atomic E-state index is -0.230. The lowest BCUT2D eigenvalue weighted by molar-refractivity contribution is -0.113. The molecule has 4 rings (SSSR count). The van der Waals surface area contributed by atoms with Crippen LogP contribution in [0.3, 0.4) is 0 Å². The lowest BCUT2D eigenvalue weighted by Gasteiger charge is -2.09. The molecular formula is C23H24N6O3S2. The van der Waals surface area contributed by atoms with Crippen molar-refractivity contribution in [1.82, 2.24) is 20.1 Å². The van der Waals surface area contributed by atoms with E-state index in [1.54, 1.807) is 43.0 Å². The molecule has 0 spiro atoms. The number of nitrogens with zero attached hydrogens (tertiary/aromatic N) is 4. The van der Waals surface area contributed by atoms with Crippen LogP contribution in [0.25, 0.3) is 0 Å². The molecule has 176 valence electrons. The molecule has 0 fully saturated rings. The zero-order valence-electron chi connectivity index (χ0n) is 18.9.